The van der Waals surface area contributed by atoms with Crippen molar-refractivity contribution in [3.63, 3.8) is 0 Å². The second-order valence-corrected chi connectivity index (χ2v) is 5.78. The van der Waals surface area contributed by atoms with Crippen molar-refractivity contribution in [1.29, 1.82) is 0 Å². The van der Waals surface area contributed by atoms with Crippen molar-refractivity contribution in [3.05, 3.63) is 39.9 Å². The molecule has 0 saturated heterocycles. The largest absolute Gasteiger partial charge is 0.299 e. The van der Waals surface area contributed by atoms with Crippen molar-refractivity contribution >= 4 is 17.3 Å². The van der Waals surface area contributed by atoms with Crippen LogP contribution in [-0.4, -0.2) is 16.5 Å². The Morgan fingerprint density at radius 2 is 1.61 bits per heavy atom. The van der Waals surface area contributed by atoms with Gasteiger partial charge in [-0.1, -0.05) is 57.6 Å². The molecule has 0 aliphatic heterocycles. The maximum atomic E-state index is 12.1. The third-order valence-corrected chi connectivity index (χ3v) is 3.82. The molecular formula is C18H25NO4. The number of unbranched alkanes of at least 4 members (excludes halogenated alkanes) is 6. The lowest BCUT2D eigenvalue weighted by atomic mass is 10.0. The number of para-hydroxylation sites is 1. The second-order valence-electron chi connectivity index (χ2n) is 5.78. The predicted molar refractivity (Wildman–Crippen MR) is 89.7 cm³/mol. The Bertz CT molecular complexity index is 540. The van der Waals surface area contributed by atoms with Crippen molar-refractivity contribution in [2.75, 3.05) is 0 Å². The number of nitro groups is 1. The van der Waals surface area contributed by atoms with Crippen LogP contribution in [0.25, 0.3) is 0 Å². The normalized spacial score (nSPS) is 10.5. The van der Waals surface area contributed by atoms with E-state index in [1.165, 1.54) is 43.9 Å². The lowest BCUT2D eigenvalue weighted by Gasteiger charge is -2.03. The molecule has 0 aliphatic carbocycles. The van der Waals surface area contributed by atoms with E-state index in [1.54, 1.807) is 6.07 Å². The van der Waals surface area contributed by atoms with Crippen LogP contribution in [0.2, 0.25) is 0 Å². The van der Waals surface area contributed by atoms with E-state index in [-0.39, 0.29) is 23.5 Å². The first kappa shape index (κ1) is 19.0. The number of rotatable bonds is 12. The molecular weight excluding hydrogens is 294 g/mol. The summed E-state index contributed by atoms with van der Waals surface area (Å²) in [5.74, 6) is -0.605. The molecule has 0 heterocycles. The van der Waals surface area contributed by atoms with Gasteiger partial charge in [-0.3, -0.25) is 19.7 Å². The van der Waals surface area contributed by atoms with Crippen molar-refractivity contribution in [2.24, 2.45) is 0 Å². The summed E-state index contributed by atoms with van der Waals surface area (Å²) in [5, 5.41) is 10.9. The van der Waals surface area contributed by atoms with Crippen molar-refractivity contribution in [1.82, 2.24) is 0 Å². The van der Waals surface area contributed by atoms with E-state index in [4.69, 9.17) is 0 Å². The fraction of sp³-hybridized carbons (Fsp3) is 0.556. The zero-order chi connectivity index (χ0) is 17.1. The minimum absolute atomic E-state index is 0.0189. The van der Waals surface area contributed by atoms with E-state index in [9.17, 15) is 19.7 Å². The quantitative estimate of drug-likeness (QED) is 0.181. The average Bonchev–Trinajstić information content (AvgIpc) is 2.53. The molecule has 0 aromatic heterocycles. The van der Waals surface area contributed by atoms with Gasteiger partial charge in [0.15, 0.2) is 5.78 Å². The van der Waals surface area contributed by atoms with Crippen LogP contribution in [0.5, 0.6) is 0 Å². The van der Waals surface area contributed by atoms with Crippen LogP contribution in [0.1, 0.15) is 75.1 Å². The molecule has 0 aliphatic rings. The number of carbonyl (C=O) groups excluding carboxylic acids is 2. The van der Waals surface area contributed by atoms with Gasteiger partial charge in [0.25, 0.3) is 5.69 Å². The molecule has 126 valence electrons. The maximum absolute atomic E-state index is 12.1. The van der Waals surface area contributed by atoms with Gasteiger partial charge < -0.3 is 0 Å². The number of benzene rings is 1. The van der Waals surface area contributed by atoms with Gasteiger partial charge in [0.2, 0.25) is 0 Å². The highest BCUT2D eigenvalue weighted by Gasteiger charge is 2.20. The van der Waals surface area contributed by atoms with Crippen molar-refractivity contribution in [2.45, 2.75) is 64.7 Å². The summed E-state index contributed by atoms with van der Waals surface area (Å²) in [6.45, 7) is 2.17. The monoisotopic (exact) mass is 319 g/mol. The highest BCUT2D eigenvalue weighted by molar-refractivity contribution is 6.09. The van der Waals surface area contributed by atoms with Crippen LogP contribution in [-0.2, 0) is 4.79 Å². The predicted octanol–water partition coefficient (Wildman–Crippen LogP) is 4.88. The standard InChI is InChI=1S/C18H25NO4/c1-2-3-4-5-6-7-8-11-15(20)14-18(21)16-12-9-10-13-17(16)19(22)23/h9-10,12-13H,2-8,11,14H2,1H3. The molecule has 0 N–H and O–H groups in total. The Morgan fingerprint density at radius 3 is 2.26 bits per heavy atom. The third-order valence-electron chi connectivity index (χ3n) is 3.82. The van der Waals surface area contributed by atoms with Crippen LogP contribution >= 0.6 is 0 Å². The van der Waals surface area contributed by atoms with E-state index in [0.717, 1.165) is 19.3 Å². The SMILES string of the molecule is CCCCCCCCCC(=O)CC(=O)c1ccccc1[N+](=O)[O-]. The van der Waals surface area contributed by atoms with Crippen LogP contribution < -0.4 is 0 Å². The van der Waals surface area contributed by atoms with Gasteiger partial charge in [-0.15, -0.1) is 0 Å². The molecule has 5 nitrogen and oxygen atoms in total. The molecule has 1 rings (SSSR count). The molecule has 23 heavy (non-hydrogen) atoms. The van der Waals surface area contributed by atoms with Crippen molar-refractivity contribution < 1.29 is 14.5 Å². The second kappa shape index (κ2) is 10.6. The summed E-state index contributed by atoms with van der Waals surface area (Å²) >= 11 is 0. The number of carbonyl (C=O) groups is 2. The number of ketones is 2. The van der Waals surface area contributed by atoms with Gasteiger partial charge in [-0.05, 0) is 12.5 Å². The van der Waals surface area contributed by atoms with Gasteiger partial charge in [-0.25, -0.2) is 0 Å². The Kier molecular flexibility index (Phi) is 8.80. The Balaban J connectivity index is 2.34. The Morgan fingerprint density at radius 1 is 1.00 bits per heavy atom. The van der Waals surface area contributed by atoms with Crippen LogP contribution in [0, 0.1) is 10.1 Å². The number of nitro benzene ring substituents is 1. The topological polar surface area (TPSA) is 77.3 Å². The molecule has 0 fully saturated rings. The molecule has 0 saturated carbocycles. The fourth-order valence-electron chi connectivity index (χ4n) is 2.51. The summed E-state index contributed by atoms with van der Waals surface area (Å²) in [6.07, 6.45) is 7.92. The minimum atomic E-state index is -0.589. The molecule has 5 heteroatoms. The van der Waals surface area contributed by atoms with E-state index in [1.807, 2.05) is 0 Å². The first-order valence-corrected chi connectivity index (χ1v) is 8.34. The number of nitrogens with zero attached hydrogens (tertiary/aromatic N) is 1. The number of hydrogen-bond donors (Lipinski definition) is 0. The number of Topliss-reactive ketones (excluding diaryl/α,β-unsaturated/α-hetero) is 2. The third kappa shape index (κ3) is 7.17. The first-order valence-electron chi connectivity index (χ1n) is 8.34. The summed E-state index contributed by atoms with van der Waals surface area (Å²) in [6, 6.07) is 5.77. The highest BCUT2D eigenvalue weighted by Crippen LogP contribution is 2.20. The summed E-state index contributed by atoms with van der Waals surface area (Å²) in [5.41, 5.74) is -0.216. The first-order chi connectivity index (χ1) is 11.1. The molecule has 0 spiro atoms. The lowest BCUT2D eigenvalue weighted by molar-refractivity contribution is -0.385. The van der Waals surface area contributed by atoms with Gasteiger partial charge in [0.1, 0.15) is 5.78 Å². The smallest absolute Gasteiger partial charge is 0.280 e. The fourth-order valence-corrected chi connectivity index (χ4v) is 2.51. The zero-order valence-corrected chi connectivity index (χ0v) is 13.8. The highest BCUT2D eigenvalue weighted by atomic mass is 16.6. The zero-order valence-electron chi connectivity index (χ0n) is 13.8. The molecule has 1 aromatic carbocycles. The molecule has 0 atom stereocenters. The van der Waals surface area contributed by atoms with Gasteiger partial charge in [-0.2, -0.15) is 0 Å². The van der Waals surface area contributed by atoms with Gasteiger partial charge in [0, 0.05) is 12.5 Å². The molecule has 0 radical (unpaired) electrons. The summed E-state index contributed by atoms with van der Waals surface area (Å²) < 4.78 is 0. The van der Waals surface area contributed by atoms with Gasteiger partial charge >= 0.3 is 0 Å². The van der Waals surface area contributed by atoms with E-state index < -0.39 is 10.7 Å². The number of hydrogen-bond acceptors (Lipinski definition) is 4. The lowest BCUT2D eigenvalue weighted by Crippen LogP contribution is -2.10. The van der Waals surface area contributed by atoms with E-state index in [2.05, 4.69) is 6.92 Å². The summed E-state index contributed by atoms with van der Waals surface area (Å²) in [4.78, 5) is 34.2. The maximum Gasteiger partial charge on any atom is 0.280 e. The summed E-state index contributed by atoms with van der Waals surface area (Å²) in [7, 11) is 0. The minimum Gasteiger partial charge on any atom is -0.299 e. The van der Waals surface area contributed by atoms with E-state index >= 15 is 0 Å². The molecule has 0 amide bonds. The van der Waals surface area contributed by atoms with Crippen LogP contribution in [0.4, 0.5) is 5.69 Å². The molecule has 1 aromatic rings. The van der Waals surface area contributed by atoms with Gasteiger partial charge in [0.05, 0.1) is 16.9 Å². The van der Waals surface area contributed by atoms with Crippen LogP contribution in [0.3, 0.4) is 0 Å². The molecule has 0 bridgehead atoms. The van der Waals surface area contributed by atoms with Crippen molar-refractivity contribution in [3.8, 4) is 0 Å². The van der Waals surface area contributed by atoms with Crippen LogP contribution in [0.15, 0.2) is 24.3 Å². The molecule has 0 unspecified atom stereocenters. The van der Waals surface area contributed by atoms with E-state index in [0.29, 0.717) is 6.42 Å². The average molecular weight is 319 g/mol. The Hall–Kier alpha value is -2.04. The Labute approximate surface area is 137 Å².